The van der Waals surface area contributed by atoms with E-state index in [9.17, 15) is 14.3 Å². The lowest BCUT2D eigenvalue weighted by atomic mass is 9.96. The summed E-state index contributed by atoms with van der Waals surface area (Å²) < 4.78 is 26.9. The van der Waals surface area contributed by atoms with Crippen molar-refractivity contribution >= 4 is 0 Å². The van der Waals surface area contributed by atoms with Crippen LogP contribution in [0.2, 0.25) is 0 Å². The quantitative estimate of drug-likeness (QED) is 0.598. The molecule has 0 aromatic carbocycles. The highest BCUT2D eigenvalue weighted by Crippen LogP contribution is 2.29. The molecule has 2 aromatic rings. The van der Waals surface area contributed by atoms with Crippen molar-refractivity contribution in [2.75, 3.05) is 19.8 Å². The van der Waals surface area contributed by atoms with Crippen LogP contribution in [0.3, 0.4) is 0 Å². The monoisotopic (exact) mass is 473 g/mol. The number of oxazole rings is 1. The second-order valence-corrected chi connectivity index (χ2v) is 9.02. The standard InChI is InChI=1S/C24H32FN5O4/c1-16-8-21(34-13-19-7-5-4-6-18(19)10-25)9-17(2)29(16)11-20(31)12-30-24(32)28(3)23(27-30)22-14-33-15-26-22/h5,7,14-15,17,20-21,31H,1,4,6,8-13H2,2-3H3. The second-order valence-electron chi connectivity index (χ2n) is 9.02. The van der Waals surface area contributed by atoms with Crippen molar-refractivity contribution in [1.82, 2.24) is 24.2 Å². The van der Waals surface area contributed by atoms with Gasteiger partial charge in [0.1, 0.15) is 18.6 Å². The van der Waals surface area contributed by atoms with Gasteiger partial charge in [-0.2, -0.15) is 0 Å². The number of allylic oxidation sites excluding steroid dienone is 2. The minimum Gasteiger partial charge on any atom is -0.451 e. The summed E-state index contributed by atoms with van der Waals surface area (Å²) in [6.45, 7) is 6.61. The van der Waals surface area contributed by atoms with Crippen LogP contribution in [0.25, 0.3) is 11.5 Å². The van der Waals surface area contributed by atoms with Crippen molar-refractivity contribution in [1.29, 1.82) is 0 Å². The summed E-state index contributed by atoms with van der Waals surface area (Å²) in [6.07, 6.45) is 8.93. The highest BCUT2D eigenvalue weighted by molar-refractivity contribution is 5.46. The Morgan fingerprint density at radius 2 is 2.24 bits per heavy atom. The molecule has 1 aliphatic carbocycles. The zero-order chi connectivity index (χ0) is 24.2. The number of nitrogens with zero attached hydrogens (tertiary/aromatic N) is 5. The van der Waals surface area contributed by atoms with Gasteiger partial charge in [0.05, 0.1) is 25.4 Å². The molecule has 4 rings (SSSR count). The van der Waals surface area contributed by atoms with Crippen LogP contribution in [0.1, 0.15) is 32.6 Å². The summed E-state index contributed by atoms with van der Waals surface area (Å²) in [6, 6.07) is 0.101. The van der Waals surface area contributed by atoms with E-state index in [0.29, 0.717) is 31.1 Å². The molecule has 0 saturated carbocycles. The van der Waals surface area contributed by atoms with Gasteiger partial charge in [-0.15, -0.1) is 5.10 Å². The van der Waals surface area contributed by atoms with Crippen LogP contribution in [-0.4, -0.2) is 67.4 Å². The van der Waals surface area contributed by atoms with E-state index in [-0.39, 0.29) is 24.4 Å². The topological polar surface area (TPSA) is 98.6 Å². The first-order valence-electron chi connectivity index (χ1n) is 11.6. The van der Waals surface area contributed by atoms with Crippen molar-refractivity contribution < 1.29 is 18.7 Å². The summed E-state index contributed by atoms with van der Waals surface area (Å²) in [5.74, 6) is 0.375. The number of ether oxygens (including phenoxy) is 1. The van der Waals surface area contributed by atoms with Crippen molar-refractivity contribution in [2.24, 2.45) is 7.05 Å². The van der Waals surface area contributed by atoms with Gasteiger partial charge in [-0.3, -0.25) is 4.57 Å². The molecule has 0 radical (unpaired) electrons. The molecule has 3 atom stereocenters. The number of aliphatic hydroxyl groups is 1. The zero-order valence-corrected chi connectivity index (χ0v) is 19.7. The van der Waals surface area contributed by atoms with Gasteiger partial charge in [-0.1, -0.05) is 18.7 Å². The smallest absolute Gasteiger partial charge is 0.346 e. The molecule has 10 heteroatoms. The molecule has 0 spiro atoms. The van der Waals surface area contributed by atoms with Crippen molar-refractivity contribution in [3.63, 3.8) is 0 Å². The first kappa shape index (κ1) is 24.2. The van der Waals surface area contributed by atoms with Gasteiger partial charge in [0.15, 0.2) is 12.2 Å². The highest BCUT2D eigenvalue weighted by atomic mass is 19.1. The van der Waals surface area contributed by atoms with Crippen molar-refractivity contribution in [2.45, 2.75) is 57.4 Å². The highest BCUT2D eigenvalue weighted by Gasteiger charge is 2.30. The van der Waals surface area contributed by atoms with Gasteiger partial charge in [-0.25, -0.2) is 18.9 Å². The number of aromatic nitrogens is 4. The number of β-amino-alcohol motifs (C(OH)–C–C–N with tert-alkyl or cyclic N) is 1. The SMILES string of the molecule is C=C1CC(OCC2=C(CF)CCC=C2)CC(C)N1CC(O)Cn1nc(-c2cocn2)n(C)c1=O. The molecule has 1 aliphatic heterocycles. The van der Waals surface area contributed by atoms with Crippen LogP contribution in [0.15, 0.2) is 57.4 Å². The van der Waals surface area contributed by atoms with Gasteiger partial charge >= 0.3 is 5.69 Å². The lowest BCUT2D eigenvalue weighted by molar-refractivity contribution is 0.00434. The Kier molecular flexibility index (Phi) is 7.47. The first-order valence-corrected chi connectivity index (χ1v) is 11.6. The molecule has 1 saturated heterocycles. The molecule has 2 aliphatic rings. The van der Waals surface area contributed by atoms with E-state index in [0.717, 1.165) is 36.1 Å². The van der Waals surface area contributed by atoms with E-state index in [1.54, 1.807) is 7.05 Å². The molecular formula is C24H32FN5O4. The van der Waals surface area contributed by atoms with Crippen LogP contribution in [0.5, 0.6) is 0 Å². The van der Waals surface area contributed by atoms with Gasteiger partial charge in [0, 0.05) is 31.8 Å². The number of piperidine rings is 1. The lowest BCUT2D eigenvalue weighted by Gasteiger charge is -2.41. The number of aliphatic hydroxyl groups excluding tert-OH is 1. The first-order chi connectivity index (χ1) is 16.4. The molecule has 2 aromatic heterocycles. The Hall–Kier alpha value is -2.98. The number of rotatable bonds is 9. The average molecular weight is 474 g/mol. The van der Waals surface area contributed by atoms with Gasteiger partial charge < -0.3 is 19.2 Å². The Morgan fingerprint density at radius 1 is 1.41 bits per heavy atom. The maximum atomic E-state index is 13.2. The Balaban J connectivity index is 1.33. The van der Waals surface area contributed by atoms with Crippen LogP contribution in [0.4, 0.5) is 4.39 Å². The molecule has 3 unspecified atom stereocenters. The molecular weight excluding hydrogens is 441 g/mol. The lowest BCUT2D eigenvalue weighted by Crippen LogP contribution is -2.46. The van der Waals surface area contributed by atoms with Crippen LogP contribution in [-0.2, 0) is 18.3 Å². The third kappa shape index (κ3) is 5.23. The fourth-order valence-electron chi connectivity index (χ4n) is 4.63. The maximum Gasteiger partial charge on any atom is 0.346 e. The molecule has 184 valence electrons. The van der Waals surface area contributed by atoms with Gasteiger partial charge in [0.25, 0.3) is 0 Å². The normalized spacial score (nSPS) is 22.0. The van der Waals surface area contributed by atoms with Crippen LogP contribution in [0, 0.1) is 0 Å². The summed E-state index contributed by atoms with van der Waals surface area (Å²) in [5.41, 5.74) is 2.75. The van der Waals surface area contributed by atoms with Crippen LogP contribution < -0.4 is 5.69 Å². The predicted molar refractivity (Wildman–Crippen MR) is 125 cm³/mol. The van der Waals surface area contributed by atoms with Crippen LogP contribution >= 0.6 is 0 Å². The molecule has 3 heterocycles. The minimum atomic E-state index is -0.820. The molecule has 1 fully saturated rings. The average Bonchev–Trinajstić information content (AvgIpc) is 3.45. The minimum absolute atomic E-state index is 0.0111. The third-order valence-electron chi connectivity index (χ3n) is 6.52. The molecule has 1 N–H and O–H groups in total. The van der Waals surface area contributed by atoms with Crippen molar-refractivity contribution in [3.8, 4) is 11.5 Å². The molecule has 0 amide bonds. The molecule has 34 heavy (non-hydrogen) atoms. The third-order valence-corrected chi connectivity index (χ3v) is 6.52. The summed E-state index contributed by atoms with van der Waals surface area (Å²) >= 11 is 0. The Bertz CT molecular complexity index is 1120. The van der Waals surface area contributed by atoms with Crippen molar-refractivity contribution in [3.05, 3.63) is 58.7 Å². The molecule has 9 nitrogen and oxygen atoms in total. The van der Waals surface area contributed by atoms with E-state index in [1.807, 2.05) is 6.08 Å². The largest absolute Gasteiger partial charge is 0.451 e. The van der Waals surface area contributed by atoms with E-state index >= 15 is 0 Å². The number of alkyl halides is 1. The number of hydrogen-bond acceptors (Lipinski definition) is 7. The number of hydrogen-bond donors (Lipinski definition) is 1. The summed E-state index contributed by atoms with van der Waals surface area (Å²) in [4.78, 5) is 18.6. The fourth-order valence-corrected chi connectivity index (χ4v) is 4.63. The predicted octanol–water partition coefficient (Wildman–Crippen LogP) is 2.60. The molecule has 0 bridgehead atoms. The Morgan fingerprint density at radius 3 is 2.94 bits per heavy atom. The number of likely N-dealkylation sites (tertiary alicyclic amines) is 1. The fraction of sp³-hybridized carbons (Fsp3) is 0.542. The van der Waals surface area contributed by atoms with E-state index in [2.05, 4.69) is 34.6 Å². The van der Waals surface area contributed by atoms with E-state index in [4.69, 9.17) is 9.15 Å². The number of halogens is 1. The van der Waals surface area contributed by atoms with Gasteiger partial charge in [0.2, 0.25) is 0 Å². The van der Waals surface area contributed by atoms with E-state index in [1.165, 1.54) is 21.9 Å². The summed E-state index contributed by atoms with van der Waals surface area (Å²) in [5, 5.41) is 15.0. The van der Waals surface area contributed by atoms with E-state index < -0.39 is 12.8 Å². The second kappa shape index (κ2) is 10.5. The zero-order valence-electron chi connectivity index (χ0n) is 19.7. The van der Waals surface area contributed by atoms with Gasteiger partial charge in [-0.05, 0) is 37.3 Å². The maximum absolute atomic E-state index is 13.2. The Labute approximate surface area is 197 Å². The summed E-state index contributed by atoms with van der Waals surface area (Å²) in [7, 11) is 1.60.